The minimum absolute atomic E-state index is 0.681. The Kier molecular flexibility index (Phi) is 5.07. The first-order valence-corrected chi connectivity index (χ1v) is 8.92. The Hall–Kier alpha value is -1.87. The number of rotatable bonds is 6. The minimum atomic E-state index is -1.56. The van der Waals surface area contributed by atoms with Crippen LogP contribution in [0, 0.1) is 0 Å². The summed E-state index contributed by atoms with van der Waals surface area (Å²) in [5, 5.41) is 12.5. The molecule has 1 unspecified atom stereocenters. The van der Waals surface area contributed by atoms with Crippen LogP contribution in [0.2, 0.25) is 0 Å². The maximum Gasteiger partial charge on any atom is 0.327 e. The summed E-state index contributed by atoms with van der Waals surface area (Å²) < 4.78 is 11.8. The molecule has 3 aromatic rings. The fourth-order valence-electron chi connectivity index (χ4n) is 1.83. The van der Waals surface area contributed by atoms with Gasteiger partial charge in [0, 0.05) is 4.88 Å². The summed E-state index contributed by atoms with van der Waals surface area (Å²) in [5.74, 6) is 0.565. The first kappa shape index (κ1) is 15.0. The quantitative estimate of drug-likeness (QED) is 0.631. The van der Waals surface area contributed by atoms with Crippen molar-refractivity contribution in [2.75, 3.05) is 0 Å². The lowest BCUT2D eigenvalue weighted by Crippen LogP contribution is -2.04. The molecular formula is C17H15O3PS. The molecule has 112 valence electrons. The highest BCUT2D eigenvalue weighted by molar-refractivity contribution is 7.48. The monoisotopic (exact) mass is 330 g/mol. The average molecular weight is 330 g/mol. The van der Waals surface area contributed by atoms with Crippen molar-refractivity contribution < 1.29 is 14.2 Å². The number of para-hydroxylation sites is 2. The summed E-state index contributed by atoms with van der Waals surface area (Å²) in [5.41, 5.74) is 0. The maximum absolute atomic E-state index is 10.6. The van der Waals surface area contributed by atoms with Crippen molar-refractivity contribution >= 4 is 19.7 Å². The van der Waals surface area contributed by atoms with Crippen molar-refractivity contribution in [2.45, 2.75) is 5.85 Å². The lowest BCUT2D eigenvalue weighted by Gasteiger charge is -2.22. The van der Waals surface area contributed by atoms with Crippen LogP contribution < -0.4 is 9.05 Å². The first-order chi connectivity index (χ1) is 10.8. The molecule has 0 spiro atoms. The maximum atomic E-state index is 10.6. The van der Waals surface area contributed by atoms with E-state index in [-0.39, 0.29) is 0 Å². The van der Waals surface area contributed by atoms with Gasteiger partial charge in [-0.1, -0.05) is 42.5 Å². The summed E-state index contributed by atoms with van der Waals surface area (Å²) in [4.78, 5) is 0.831. The van der Waals surface area contributed by atoms with Gasteiger partial charge in [-0.3, -0.25) is 0 Å². The SMILES string of the molecule is OC(c1cccs1)P(Oc1ccccc1)Oc1ccccc1. The Labute approximate surface area is 134 Å². The van der Waals surface area contributed by atoms with Crippen molar-refractivity contribution in [1.82, 2.24) is 0 Å². The fraction of sp³-hybridized carbons (Fsp3) is 0.0588. The first-order valence-electron chi connectivity index (χ1n) is 6.80. The van der Waals surface area contributed by atoms with Crippen LogP contribution in [0.1, 0.15) is 10.7 Å². The number of aliphatic hydroxyl groups excluding tert-OH is 1. The molecule has 0 fully saturated rings. The lowest BCUT2D eigenvalue weighted by molar-refractivity contribution is 0.240. The average Bonchev–Trinajstić information content (AvgIpc) is 3.10. The Bertz CT molecular complexity index is 632. The van der Waals surface area contributed by atoms with Gasteiger partial charge >= 0.3 is 8.38 Å². The van der Waals surface area contributed by atoms with Gasteiger partial charge in [0.2, 0.25) is 0 Å². The van der Waals surface area contributed by atoms with Crippen molar-refractivity contribution in [3.8, 4) is 11.5 Å². The lowest BCUT2D eigenvalue weighted by atomic mass is 10.3. The third-order valence-corrected chi connectivity index (χ3v) is 5.43. The van der Waals surface area contributed by atoms with E-state index in [2.05, 4.69) is 0 Å². The number of hydrogen-bond donors (Lipinski definition) is 1. The van der Waals surface area contributed by atoms with Crippen molar-refractivity contribution in [1.29, 1.82) is 0 Å². The molecule has 0 saturated heterocycles. The van der Waals surface area contributed by atoms with E-state index in [0.29, 0.717) is 11.5 Å². The van der Waals surface area contributed by atoms with Crippen LogP contribution in [-0.4, -0.2) is 5.11 Å². The van der Waals surface area contributed by atoms with Crippen LogP contribution in [0.15, 0.2) is 78.2 Å². The van der Waals surface area contributed by atoms with Gasteiger partial charge < -0.3 is 14.2 Å². The van der Waals surface area contributed by atoms with Gasteiger partial charge in [-0.25, -0.2) is 0 Å². The topological polar surface area (TPSA) is 38.7 Å². The van der Waals surface area contributed by atoms with Gasteiger partial charge in [0.15, 0.2) is 5.85 Å². The molecule has 2 aromatic carbocycles. The van der Waals surface area contributed by atoms with Gasteiger partial charge in [0.1, 0.15) is 11.5 Å². The summed E-state index contributed by atoms with van der Waals surface area (Å²) in [6.07, 6.45) is 0. The standard InChI is InChI=1S/C17H15O3PS/c18-17(16-12-7-13-22-16)21(19-14-8-3-1-4-9-14)20-15-10-5-2-6-11-15/h1-13,17-18H. The normalized spacial score (nSPS) is 12.1. The van der Waals surface area contributed by atoms with Crippen LogP contribution in [-0.2, 0) is 0 Å². The molecule has 1 aromatic heterocycles. The van der Waals surface area contributed by atoms with Gasteiger partial charge in [-0.2, -0.15) is 0 Å². The second kappa shape index (κ2) is 7.41. The van der Waals surface area contributed by atoms with Gasteiger partial charge in [0.25, 0.3) is 0 Å². The molecule has 3 nitrogen and oxygen atoms in total. The molecular weight excluding hydrogens is 315 g/mol. The zero-order chi connectivity index (χ0) is 15.2. The molecule has 3 rings (SSSR count). The largest absolute Gasteiger partial charge is 0.437 e. The van der Waals surface area contributed by atoms with E-state index in [1.807, 2.05) is 78.2 Å². The third kappa shape index (κ3) is 3.86. The van der Waals surface area contributed by atoms with Crippen molar-refractivity contribution in [3.05, 3.63) is 83.1 Å². The smallest absolute Gasteiger partial charge is 0.327 e. The highest BCUT2D eigenvalue weighted by Gasteiger charge is 2.28. The van der Waals surface area contributed by atoms with E-state index >= 15 is 0 Å². The zero-order valence-electron chi connectivity index (χ0n) is 11.7. The molecule has 0 aliphatic rings. The van der Waals surface area contributed by atoms with E-state index in [9.17, 15) is 5.11 Å². The Balaban J connectivity index is 1.81. The van der Waals surface area contributed by atoms with E-state index in [1.165, 1.54) is 11.3 Å². The van der Waals surface area contributed by atoms with E-state index in [0.717, 1.165) is 4.88 Å². The molecule has 5 heteroatoms. The molecule has 22 heavy (non-hydrogen) atoms. The van der Waals surface area contributed by atoms with Crippen LogP contribution >= 0.6 is 19.7 Å². The van der Waals surface area contributed by atoms with Crippen LogP contribution in [0.4, 0.5) is 0 Å². The van der Waals surface area contributed by atoms with E-state index in [4.69, 9.17) is 9.05 Å². The van der Waals surface area contributed by atoms with Crippen LogP contribution in [0.25, 0.3) is 0 Å². The van der Waals surface area contributed by atoms with Gasteiger partial charge in [0.05, 0.1) is 0 Å². The Morgan fingerprint density at radius 1 is 0.773 bits per heavy atom. The number of thiophene rings is 1. The molecule has 1 atom stereocenters. The number of hydrogen-bond acceptors (Lipinski definition) is 4. The molecule has 0 bridgehead atoms. The molecule has 1 N–H and O–H groups in total. The van der Waals surface area contributed by atoms with Crippen LogP contribution in [0.3, 0.4) is 0 Å². The van der Waals surface area contributed by atoms with Crippen LogP contribution in [0.5, 0.6) is 11.5 Å². The summed E-state index contributed by atoms with van der Waals surface area (Å²) in [6, 6.07) is 22.6. The number of aliphatic hydroxyl groups is 1. The van der Waals surface area contributed by atoms with Gasteiger partial charge in [-0.15, -0.1) is 11.3 Å². The van der Waals surface area contributed by atoms with E-state index < -0.39 is 14.2 Å². The fourth-order valence-corrected chi connectivity index (χ4v) is 4.05. The van der Waals surface area contributed by atoms with Crippen molar-refractivity contribution in [2.24, 2.45) is 0 Å². The zero-order valence-corrected chi connectivity index (χ0v) is 13.4. The highest BCUT2D eigenvalue weighted by Crippen LogP contribution is 2.52. The minimum Gasteiger partial charge on any atom is -0.437 e. The van der Waals surface area contributed by atoms with E-state index in [1.54, 1.807) is 0 Å². The summed E-state index contributed by atoms with van der Waals surface area (Å²) in [7, 11) is -1.56. The highest BCUT2D eigenvalue weighted by atomic mass is 32.1. The molecule has 0 amide bonds. The molecule has 0 saturated carbocycles. The molecule has 0 aliphatic heterocycles. The van der Waals surface area contributed by atoms with Crippen molar-refractivity contribution in [3.63, 3.8) is 0 Å². The van der Waals surface area contributed by atoms with Gasteiger partial charge in [-0.05, 0) is 35.7 Å². The second-order valence-electron chi connectivity index (χ2n) is 4.48. The summed E-state index contributed by atoms with van der Waals surface area (Å²) >= 11 is 1.49. The second-order valence-corrected chi connectivity index (χ2v) is 6.89. The molecule has 0 aliphatic carbocycles. The molecule has 1 heterocycles. The Morgan fingerprint density at radius 3 is 1.77 bits per heavy atom. The summed E-state index contributed by atoms with van der Waals surface area (Å²) in [6.45, 7) is 0. The molecule has 0 radical (unpaired) electrons. The third-order valence-electron chi connectivity index (χ3n) is 2.87. The Morgan fingerprint density at radius 2 is 1.32 bits per heavy atom. The predicted molar refractivity (Wildman–Crippen MR) is 90.3 cm³/mol. The number of benzene rings is 2. The predicted octanol–water partition coefficient (Wildman–Crippen LogP) is 5.21.